The lowest BCUT2D eigenvalue weighted by Crippen LogP contribution is -2.32. The number of halogens is 2. The Kier molecular flexibility index (Phi) is 5.87. The van der Waals surface area contributed by atoms with Gasteiger partial charge >= 0.3 is 0 Å². The molecular formula is C10H14BrClN2O. The molecule has 0 aliphatic carbocycles. The maximum Gasteiger partial charge on any atom is 0.241 e. The fourth-order valence-corrected chi connectivity index (χ4v) is 1.49. The molecule has 0 spiro atoms. The Balaban J connectivity index is 0.00000196. The highest BCUT2D eigenvalue weighted by Crippen LogP contribution is 2.19. The predicted molar refractivity (Wildman–Crippen MR) is 68.4 cm³/mol. The van der Waals surface area contributed by atoms with Gasteiger partial charge in [-0.05, 0) is 37.6 Å². The second-order valence-electron chi connectivity index (χ2n) is 3.24. The monoisotopic (exact) mass is 292 g/mol. The van der Waals surface area contributed by atoms with Crippen molar-refractivity contribution in [1.29, 1.82) is 0 Å². The standard InChI is InChI=1S/C10H13BrN2O.ClH/c1-6-5-8(11)3-4-9(6)13-10(14)7(2)12;/h3-5,7H,12H2,1-2H3,(H,13,14);1H. The van der Waals surface area contributed by atoms with Gasteiger partial charge < -0.3 is 11.1 Å². The number of nitrogens with one attached hydrogen (secondary N) is 1. The van der Waals surface area contributed by atoms with Gasteiger partial charge in [-0.1, -0.05) is 15.9 Å². The first kappa shape index (κ1) is 14.4. The molecule has 1 aromatic rings. The Morgan fingerprint density at radius 2 is 2.13 bits per heavy atom. The van der Waals surface area contributed by atoms with Gasteiger partial charge in [-0.2, -0.15) is 0 Å². The van der Waals surface area contributed by atoms with Crippen LogP contribution in [0, 0.1) is 6.92 Å². The topological polar surface area (TPSA) is 55.1 Å². The Hall–Kier alpha value is -0.580. The average Bonchev–Trinajstić information content (AvgIpc) is 2.09. The highest BCUT2D eigenvalue weighted by atomic mass is 79.9. The molecule has 0 aliphatic heterocycles. The normalized spacial score (nSPS) is 11.5. The van der Waals surface area contributed by atoms with E-state index >= 15 is 0 Å². The molecule has 1 unspecified atom stereocenters. The summed E-state index contributed by atoms with van der Waals surface area (Å²) >= 11 is 3.35. The van der Waals surface area contributed by atoms with Crippen LogP contribution in [-0.4, -0.2) is 11.9 Å². The number of benzene rings is 1. The molecule has 1 atom stereocenters. The highest BCUT2D eigenvalue weighted by molar-refractivity contribution is 9.10. The second-order valence-corrected chi connectivity index (χ2v) is 4.15. The number of rotatable bonds is 2. The first-order valence-corrected chi connectivity index (χ1v) is 5.12. The fraction of sp³-hybridized carbons (Fsp3) is 0.300. The van der Waals surface area contributed by atoms with Gasteiger partial charge in [-0.15, -0.1) is 12.4 Å². The van der Waals surface area contributed by atoms with Crippen LogP contribution in [0.25, 0.3) is 0 Å². The van der Waals surface area contributed by atoms with Crippen LogP contribution in [0.3, 0.4) is 0 Å². The van der Waals surface area contributed by atoms with Crippen molar-refractivity contribution in [2.24, 2.45) is 5.73 Å². The number of carbonyl (C=O) groups excluding carboxylic acids is 1. The lowest BCUT2D eigenvalue weighted by molar-refractivity contribution is -0.117. The van der Waals surface area contributed by atoms with Crippen molar-refractivity contribution in [1.82, 2.24) is 0 Å². The van der Waals surface area contributed by atoms with Gasteiger partial charge in [0.15, 0.2) is 0 Å². The first-order valence-electron chi connectivity index (χ1n) is 4.33. The summed E-state index contributed by atoms with van der Waals surface area (Å²) < 4.78 is 0.994. The molecule has 1 aromatic carbocycles. The predicted octanol–water partition coefficient (Wildman–Crippen LogP) is 2.47. The second kappa shape index (κ2) is 6.10. The Morgan fingerprint density at radius 3 is 2.60 bits per heavy atom. The number of aryl methyl sites for hydroxylation is 1. The van der Waals surface area contributed by atoms with Gasteiger partial charge in [0.2, 0.25) is 5.91 Å². The van der Waals surface area contributed by atoms with Crippen LogP contribution in [0.15, 0.2) is 22.7 Å². The van der Waals surface area contributed by atoms with Crippen LogP contribution in [-0.2, 0) is 4.79 Å². The van der Waals surface area contributed by atoms with E-state index in [1.54, 1.807) is 6.92 Å². The molecule has 1 rings (SSSR count). The quantitative estimate of drug-likeness (QED) is 0.880. The molecule has 84 valence electrons. The summed E-state index contributed by atoms with van der Waals surface area (Å²) in [7, 11) is 0. The molecule has 0 fully saturated rings. The molecule has 0 heterocycles. The van der Waals surface area contributed by atoms with Gasteiger partial charge in [0.05, 0.1) is 6.04 Å². The number of carbonyl (C=O) groups is 1. The van der Waals surface area contributed by atoms with Crippen molar-refractivity contribution < 1.29 is 4.79 Å². The summed E-state index contributed by atoms with van der Waals surface area (Å²) in [5.41, 5.74) is 7.25. The zero-order chi connectivity index (χ0) is 10.7. The smallest absolute Gasteiger partial charge is 0.241 e. The number of amides is 1. The van der Waals surface area contributed by atoms with Gasteiger partial charge in [-0.25, -0.2) is 0 Å². The third-order valence-corrected chi connectivity index (χ3v) is 2.35. The van der Waals surface area contributed by atoms with Crippen LogP contribution >= 0.6 is 28.3 Å². The maximum absolute atomic E-state index is 11.3. The minimum Gasteiger partial charge on any atom is -0.325 e. The van der Waals surface area contributed by atoms with E-state index in [2.05, 4.69) is 21.2 Å². The van der Waals surface area contributed by atoms with E-state index < -0.39 is 6.04 Å². The zero-order valence-electron chi connectivity index (χ0n) is 8.58. The summed E-state index contributed by atoms with van der Waals surface area (Å²) in [6.45, 7) is 3.59. The molecule has 3 nitrogen and oxygen atoms in total. The van der Waals surface area contributed by atoms with Gasteiger partial charge in [-0.3, -0.25) is 4.79 Å². The Labute approximate surface area is 104 Å². The van der Waals surface area contributed by atoms with E-state index in [9.17, 15) is 4.79 Å². The lowest BCUT2D eigenvalue weighted by atomic mass is 10.2. The van der Waals surface area contributed by atoms with Crippen molar-refractivity contribution in [3.63, 3.8) is 0 Å². The minimum atomic E-state index is -0.488. The molecule has 0 radical (unpaired) electrons. The van der Waals surface area contributed by atoms with Crippen LogP contribution in [0.2, 0.25) is 0 Å². The van der Waals surface area contributed by atoms with Crippen molar-refractivity contribution in [2.75, 3.05) is 5.32 Å². The summed E-state index contributed by atoms with van der Waals surface area (Å²) in [4.78, 5) is 11.3. The van der Waals surface area contributed by atoms with E-state index in [0.717, 1.165) is 15.7 Å². The molecule has 5 heteroatoms. The number of hydrogen-bond donors (Lipinski definition) is 2. The SMILES string of the molecule is Cc1cc(Br)ccc1NC(=O)C(C)N.Cl. The van der Waals surface area contributed by atoms with E-state index in [1.165, 1.54) is 0 Å². The molecule has 0 aromatic heterocycles. The van der Waals surface area contributed by atoms with Crippen LogP contribution in [0.4, 0.5) is 5.69 Å². The van der Waals surface area contributed by atoms with Crippen molar-refractivity contribution in [2.45, 2.75) is 19.9 Å². The van der Waals surface area contributed by atoms with E-state index in [0.29, 0.717) is 0 Å². The molecule has 0 saturated heterocycles. The molecular weight excluding hydrogens is 279 g/mol. The summed E-state index contributed by atoms with van der Waals surface area (Å²) in [6, 6.07) is 5.18. The van der Waals surface area contributed by atoms with Gasteiger partial charge in [0.25, 0.3) is 0 Å². The van der Waals surface area contributed by atoms with Crippen LogP contribution in [0.5, 0.6) is 0 Å². The Morgan fingerprint density at radius 1 is 1.53 bits per heavy atom. The summed E-state index contributed by atoms with van der Waals surface area (Å²) in [5.74, 6) is -0.171. The first-order chi connectivity index (χ1) is 6.50. The van der Waals surface area contributed by atoms with Crippen LogP contribution in [0.1, 0.15) is 12.5 Å². The number of nitrogens with two attached hydrogens (primary N) is 1. The molecule has 15 heavy (non-hydrogen) atoms. The maximum atomic E-state index is 11.3. The van der Waals surface area contributed by atoms with E-state index in [-0.39, 0.29) is 18.3 Å². The molecule has 3 N–H and O–H groups in total. The van der Waals surface area contributed by atoms with Crippen molar-refractivity contribution in [3.05, 3.63) is 28.2 Å². The summed E-state index contributed by atoms with van der Waals surface area (Å²) in [5, 5.41) is 2.75. The van der Waals surface area contributed by atoms with Gasteiger partial charge in [0, 0.05) is 10.2 Å². The van der Waals surface area contributed by atoms with E-state index in [4.69, 9.17) is 5.73 Å². The third kappa shape index (κ3) is 4.20. The molecule has 0 aliphatic rings. The fourth-order valence-electron chi connectivity index (χ4n) is 1.01. The van der Waals surface area contributed by atoms with Gasteiger partial charge in [0.1, 0.15) is 0 Å². The molecule has 0 bridgehead atoms. The van der Waals surface area contributed by atoms with Crippen molar-refractivity contribution in [3.8, 4) is 0 Å². The average molecular weight is 294 g/mol. The van der Waals surface area contributed by atoms with Crippen molar-refractivity contribution >= 4 is 39.9 Å². The third-order valence-electron chi connectivity index (χ3n) is 1.86. The Bertz CT molecular complexity index is 355. The molecule has 0 saturated carbocycles. The lowest BCUT2D eigenvalue weighted by Gasteiger charge is -2.10. The number of anilines is 1. The highest BCUT2D eigenvalue weighted by Gasteiger charge is 2.08. The van der Waals surface area contributed by atoms with Crippen LogP contribution < -0.4 is 11.1 Å². The molecule has 1 amide bonds. The largest absolute Gasteiger partial charge is 0.325 e. The zero-order valence-corrected chi connectivity index (χ0v) is 11.0. The number of hydrogen-bond acceptors (Lipinski definition) is 2. The van der Waals surface area contributed by atoms with E-state index in [1.807, 2.05) is 25.1 Å². The minimum absolute atomic E-state index is 0. The summed E-state index contributed by atoms with van der Waals surface area (Å²) in [6.07, 6.45) is 0.